The first-order valence-corrected chi connectivity index (χ1v) is 10.1. The third-order valence-corrected chi connectivity index (χ3v) is 5.41. The molecule has 0 bridgehead atoms. The highest BCUT2D eigenvalue weighted by Crippen LogP contribution is 2.22. The van der Waals surface area contributed by atoms with E-state index < -0.39 is 6.10 Å². The molecule has 0 aromatic heterocycles. The number of nitrogens with one attached hydrogen (secondary N) is 1. The SMILES string of the molecule is CC(Oc1ccc2ccccc2c1)C(=O)Nc1ccc(N2CCN(C)CC2)cc1. The van der Waals surface area contributed by atoms with Crippen LogP contribution in [0.2, 0.25) is 0 Å². The largest absolute Gasteiger partial charge is 0.481 e. The second-order valence-corrected chi connectivity index (χ2v) is 7.60. The zero-order valence-corrected chi connectivity index (χ0v) is 17.0. The monoisotopic (exact) mass is 389 g/mol. The van der Waals surface area contributed by atoms with Gasteiger partial charge in [-0.15, -0.1) is 0 Å². The molecule has 0 spiro atoms. The van der Waals surface area contributed by atoms with Crippen LogP contribution in [0.5, 0.6) is 5.75 Å². The van der Waals surface area contributed by atoms with Crippen LogP contribution in [0.3, 0.4) is 0 Å². The maximum absolute atomic E-state index is 12.6. The number of ether oxygens (including phenoxy) is 1. The molecule has 3 aromatic rings. The van der Waals surface area contributed by atoms with Crippen molar-refractivity contribution in [2.24, 2.45) is 0 Å². The third kappa shape index (κ3) is 4.69. The van der Waals surface area contributed by atoms with Crippen molar-refractivity contribution < 1.29 is 9.53 Å². The van der Waals surface area contributed by atoms with Gasteiger partial charge in [0.15, 0.2) is 6.10 Å². The fourth-order valence-corrected chi connectivity index (χ4v) is 3.56. The van der Waals surface area contributed by atoms with Gasteiger partial charge in [0, 0.05) is 37.6 Å². The van der Waals surface area contributed by atoms with Gasteiger partial charge in [-0.2, -0.15) is 0 Å². The van der Waals surface area contributed by atoms with Crippen molar-refractivity contribution in [2.45, 2.75) is 13.0 Å². The minimum Gasteiger partial charge on any atom is -0.481 e. The first-order valence-electron chi connectivity index (χ1n) is 10.1. The number of rotatable bonds is 5. The van der Waals surface area contributed by atoms with Gasteiger partial charge in [0.05, 0.1) is 0 Å². The Morgan fingerprint density at radius 1 is 0.931 bits per heavy atom. The molecule has 1 unspecified atom stereocenters. The van der Waals surface area contributed by atoms with Crippen molar-refractivity contribution in [1.82, 2.24) is 4.90 Å². The summed E-state index contributed by atoms with van der Waals surface area (Å²) >= 11 is 0. The molecule has 1 atom stereocenters. The summed E-state index contributed by atoms with van der Waals surface area (Å²) in [4.78, 5) is 17.3. The van der Waals surface area contributed by atoms with Crippen LogP contribution in [0.4, 0.5) is 11.4 Å². The maximum Gasteiger partial charge on any atom is 0.265 e. The molecular formula is C24H27N3O2. The summed E-state index contributed by atoms with van der Waals surface area (Å²) in [5.74, 6) is 0.530. The zero-order valence-electron chi connectivity index (χ0n) is 17.0. The van der Waals surface area contributed by atoms with Crippen molar-refractivity contribution in [3.63, 3.8) is 0 Å². The summed E-state index contributed by atoms with van der Waals surface area (Å²) in [6, 6.07) is 22.0. The molecule has 1 N–H and O–H groups in total. The van der Waals surface area contributed by atoms with Crippen molar-refractivity contribution >= 4 is 28.1 Å². The predicted octanol–water partition coefficient (Wildman–Crippen LogP) is 4.00. The smallest absolute Gasteiger partial charge is 0.265 e. The molecule has 1 saturated heterocycles. The second-order valence-electron chi connectivity index (χ2n) is 7.60. The molecule has 1 aliphatic heterocycles. The van der Waals surface area contributed by atoms with Crippen molar-refractivity contribution in [3.05, 3.63) is 66.7 Å². The lowest BCUT2D eigenvalue weighted by Crippen LogP contribution is -2.44. The lowest BCUT2D eigenvalue weighted by molar-refractivity contribution is -0.122. The Hall–Kier alpha value is -3.05. The van der Waals surface area contributed by atoms with E-state index in [1.165, 1.54) is 5.69 Å². The van der Waals surface area contributed by atoms with E-state index in [2.05, 4.69) is 40.4 Å². The number of likely N-dealkylation sites (N-methyl/N-ethyl adjacent to an activating group) is 1. The number of hydrogen-bond acceptors (Lipinski definition) is 4. The number of carbonyl (C=O) groups excluding carboxylic acids is 1. The van der Waals surface area contributed by atoms with E-state index in [1.54, 1.807) is 6.92 Å². The second kappa shape index (κ2) is 8.53. The predicted molar refractivity (Wildman–Crippen MR) is 119 cm³/mol. The van der Waals surface area contributed by atoms with E-state index in [-0.39, 0.29) is 5.91 Å². The average Bonchev–Trinajstić information content (AvgIpc) is 2.75. The summed E-state index contributed by atoms with van der Waals surface area (Å²) in [5, 5.41) is 5.19. The minimum absolute atomic E-state index is 0.162. The number of piperazine rings is 1. The van der Waals surface area contributed by atoms with Gasteiger partial charge in [-0.25, -0.2) is 0 Å². The first kappa shape index (κ1) is 19.3. The molecule has 3 aromatic carbocycles. The first-order chi connectivity index (χ1) is 14.1. The summed E-state index contributed by atoms with van der Waals surface area (Å²) in [6.07, 6.45) is -0.589. The molecule has 1 aliphatic rings. The van der Waals surface area contributed by atoms with Gasteiger partial charge < -0.3 is 19.9 Å². The van der Waals surface area contributed by atoms with E-state index in [1.807, 2.05) is 48.5 Å². The van der Waals surface area contributed by atoms with Gasteiger partial charge in [0.1, 0.15) is 5.75 Å². The van der Waals surface area contributed by atoms with Crippen molar-refractivity contribution in [2.75, 3.05) is 43.4 Å². The van der Waals surface area contributed by atoms with Gasteiger partial charge in [-0.05, 0) is 61.1 Å². The molecule has 29 heavy (non-hydrogen) atoms. The van der Waals surface area contributed by atoms with Gasteiger partial charge in [0.2, 0.25) is 0 Å². The molecule has 150 valence electrons. The molecule has 5 heteroatoms. The lowest BCUT2D eigenvalue weighted by Gasteiger charge is -2.34. The van der Waals surface area contributed by atoms with E-state index in [0.717, 1.165) is 42.6 Å². The number of benzene rings is 3. The molecule has 5 nitrogen and oxygen atoms in total. The molecule has 0 aliphatic carbocycles. The van der Waals surface area contributed by atoms with Gasteiger partial charge >= 0.3 is 0 Å². The normalized spacial score (nSPS) is 15.9. The number of nitrogens with zero attached hydrogens (tertiary/aromatic N) is 2. The Kier molecular flexibility index (Phi) is 5.67. The zero-order chi connectivity index (χ0) is 20.2. The molecular weight excluding hydrogens is 362 g/mol. The van der Waals surface area contributed by atoms with Crippen LogP contribution in [0.1, 0.15) is 6.92 Å². The highest BCUT2D eigenvalue weighted by atomic mass is 16.5. The minimum atomic E-state index is -0.589. The van der Waals surface area contributed by atoms with Crippen LogP contribution in [-0.2, 0) is 4.79 Å². The lowest BCUT2D eigenvalue weighted by atomic mass is 10.1. The molecule has 1 heterocycles. The fraction of sp³-hybridized carbons (Fsp3) is 0.292. The fourth-order valence-electron chi connectivity index (χ4n) is 3.56. The quantitative estimate of drug-likeness (QED) is 0.716. The number of fused-ring (bicyclic) bond motifs is 1. The van der Waals surface area contributed by atoms with Crippen LogP contribution in [0.15, 0.2) is 66.7 Å². The van der Waals surface area contributed by atoms with E-state index in [9.17, 15) is 4.79 Å². The van der Waals surface area contributed by atoms with Crippen LogP contribution >= 0.6 is 0 Å². The summed E-state index contributed by atoms with van der Waals surface area (Å²) in [5.41, 5.74) is 1.97. The Labute approximate surface area is 171 Å². The molecule has 1 amide bonds. The summed E-state index contributed by atoms with van der Waals surface area (Å²) < 4.78 is 5.86. The Morgan fingerprint density at radius 3 is 2.34 bits per heavy atom. The standard InChI is InChI=1S/C24H27N3O2/c1-18(29-23-12-7-19-5-3-4-6-20(19)17-23)24(28)25-21-8-10-22(11-9-21)27-15-13-26(2)14-16-27/h3-12,17-18H,13-16H2,1-2H3,(H,25,28). The van der Waals surface area contributed by atoms with Gasteiger partial charge in [0.25, 0.3) is 5.91 Å². The molecule has 0 radical (unpaired) electrons. The number of carbonyl (C=O) groups is 1. The van der Waals surface area contributed by atoms with Crippen LogP contribution in [-0.4, -0.2) is 50.1 Å². The Balaban J connectivity index is 1.35. The molecule has 4 rings (SSSR count). The van der Waals surface area contributed by atoms with Crippen LogP contribution in [0.25, 0.3) is 10.8 Å². The Morgan fingerprint density at radius 2 is 1.62 bits per heavy atom. The molecule has 0 saturated carbocycles. The summed E-state index contributed by atoms with van der Waals surface area (Å²) in [6.45, 7) is 5.96. The maximum atomic E-state index is 12.6. The van der Waals surface area contributed by atoms with E-state index in [0.29, 0.717) is 5.75 Å². The van der Waals surface area contributed by atoms with Gasteiger partial charge in [-0.1, -0.05) is 30.3 Å². The molecule has 1 fully saturated rings. The number of amides is 1. The number of anilines is 2. The van der Waals surface area contributed by atoms with E-state index >= 15 is 0 Å². The number of hydrogen-bond donors (Lipinski definition) is 1. The average molecular weight is 389 g/mol. The van der Waals surface area contributed by atoms with E-state index in [4.69, 9.17) is 4.74 Å². The Bertz CT molecular complexity index is 979. The van der Waals surface area contributed by atoms with Crippen LogP contribution in [0, 0.1) is 0 Å². The van der Waals surface area contributed by atoms with Gasteiger partial charge in [-0.3, -0.25) is 4.79 Å². The third-order valence-electron chi connectivity index (χ3n) is 5.41. The van der Waals surface area contributed by atoms with Crippen molar-refractivity contribution in [3.8, 4) is 5.75 Å². The summed E-state index contributed by atoms with van der Waals surface area (Å²) in [7, 11) is 2.15. The van der Waals surface area contributed by atoms with Crippen LogP contribution < -0.4 is 15.0 Å². The van der Waals surface area contributed by atoms with Crippen molar-refractivity contribution in [1.29, 1.82) is 0 Å². The topological polar surface area (TPSA) is 44.8 Å². The highest BCUT2D eigenvalue weighted by Gasteiger charge is 2.17. The highest BCUT2D eigenvalue weighted by molar-refractivity contribution is 5.94.